The number of aliphatic imine (C=N–C) groups is 1. The normalized spacial score (nSPS) is 13.8. The molecule has 1 amide bonds. The third kappa shape index (κ3) is 11.6. The summed E-state index contributed by atoms with van der Waals surface area (Å²) in [5.41, 5.74) is -0.130. The van der Waals surface area contributed by atoms with Gasteiger partial charge >= 0.3 is 0 Å². The van der Waals surface area contributed by atoms with E-state index in [2.05, 4.69) is 48.6 Å². The minimum Gasteiger partial charge on any atom is -0.356 e. The van der Waals surface area contributed by atoms with Gasteiger partial charge in [0.05, 0.1) is 5.41 Å². The maximum Gasteiger partial charge on any atom is 0.227 e. The highest BCUT2D eigenvalue weighted by atomic mass is 127. The molecule has 0 aromatic heterocycles. The number of rotatable bonds is 7. The molecule has 0 heterocycles. The molecule has 0 fully saturated rings. The number of guanidine groups is 1. The van der Waals surface area contributed by atoms with Crippen molar-refractivity contribution >= 4 is 35.8 Å². The van der Waals surface area contributed by atoms with Crippen molar-refractivity contribution in [1.82, 2.24) is 16.0 Å². The fourth-order valence-corrected chi connectivity index (χ4v) is 1.93. The fourth-order valence-electron chi connectivity index (χ4n) is 1.93. The van der Waals surface area contributed by atoms with E-state index in [-0.39, 0.29) is 29.9 Å². The molecule has 5 nitrogen and oxygen atoms in total. The second kappa shape index (κ2) is 11.1. The molecule has 1 unspecified atom stereocenters. The Balaban J connectivity index is 0. The molecule has 0 aliphatic rings. The first-order valence-corrected chi connectivity index (χ1v) is 8.27. The number of carbonyl (C=O) groups excluding carboxylic acids is 1. The molecule has 0 spiro atoms. The van der Waals surface area contributed by atoms with Gasteiger partial charge in [0.1, 0.15) is 0 Å². The number of amides is 1. The Morgan fingerprint density at radius 2 is 1.70 bits per heavy atom. The molecule has 3 N–H and O–H groups in total. The number of nitrogens with one attached hydrogen (secondary N) is 3. The first-order valence-electron chi connectivity index (χ1n) is 8.27. The highest BCUT2D eigenvalue weighted by Crippen LogP contribution is 2.21. The van der Waals surface area contributed by atoms with Gasteiger partial charge in [-0.2, -0.15) is 0 Å². The van der Waals surface area contributed by atoms with Crippen LogP contribution in [0.4, 0.5) is 0 Å². The van der Waals surface area contributed by atoms with Crippen LogP contribution in [0.2, 0.25) is 0 Å². The molecule has 0 bridgehead atoms. The Morgan fingerprint density at radius 1 is 1.13 bits per heavy atom. The van der Waals surface area contributed by atoms with E-state index in [9.17, 15) is 4.79 Å². The summed E-state index contributed by atoms with van der Waals surface area (Å²) in [6, 6.07) is 0.345. The van der Waals surface area contributed by atoms with E-state index in [0.717, 1.165) is 18.8 Å². The average Bonchev–Trinajstić information content (AvgIpc) is 2.40. The summed E-state index contributed by atoms with van der Waals surface area (Å²) in [6.45, 7) is 15.9. The van der Waals surface area contributed by atoms with Gasteiger partial charge in [0.25, 0.3) is 0 Å². The van der Waals surface area contributed by atoms with Crippen LogP contribution in [0, 0.1) is 10.8 Å². The van der Waals surface area contributed by atoms with Crippen LogP contribution in [-0.4, -0.2) is 38.0 Å². The summed E-state index contributed by atoms with van der Waals surface area (Å²) >= 11 is 0. The molecule has 0 radical (unpaired) electrons. The maximum atomic E-state index is 12.0. The lowest BCUT2D eigenvalue weighted by Gasteiger charge is -2.26. The molecular formula is C17H37IN4O. The monoisotopic (exact) mass is 440 g/mol. The number of nitrogens with zero attached hydrogens (tertiary/aromatic N) is 1. The third-order valence-corrected chi connectivity index (χ3v) is 3.58. The fraction of sp³-hybridized carbons (Fsp3) is 0.882. The van der Waals surface area contributed by atoms with Crippen molar-refractivity contribution in [3.63, 3.8) is 0 Å². The zero-order valence-corrected chi connectivity index (χ0v) is 18.5. The zero-order valence-electron chi connectivity index (χ0n) is 16.2. The summed E-state index contributed by atoms with van der Waals surface area (Å²) in [5, 5.41) is 9.51. The van der Waals surface area contributed by atoms with E-state index in [0.29, 0.717) is 24.5 Å². The largest absolute Gasteiger partial charge is 0.356 e. The quantitative estimate of drug-likeness (QED) is 0.324. The first-order chi connectivity index (χ1) is 10.0. The molecule has 138 valence electrons. The van der Waals surface area contributed by atoms with Crippen LogP contribution in [0.3, 0.4) is 0 Å². The van der Waals surface area contributed by atoms with Crippen molar-refractivity contribution < 1.29 is 4.79 Å². The van der Waals surface area contributed by atoms with Gasteiger partial charge in [-0.1, -0.05) is 20.8 Å². The van der Waals surface area contributed by atoms with Gasteiger partial charge in [0, 0.05) is 26.2 Å². The molecule has 0 aromatic carbocycles. The van der Waals surface area contributed by atoms with Crippen LogP contribution in [0.25, 0.3) is 0 Å². The summed E-state index contributed by atoms with van der Waals surface area (Å²) in [5.74, 6) is 0.803. The lowest BCUT2D eigenvalue weighted by Crippen LogP contribution is -2.49. The van der Waals surface area contributed by atoms with Gasteiger partial charge in [-0.15, -0.1) is 24.0 Å². The van der Waals surface area contributed by atoms with Crippen molar-refractivity contribution in [2.75, 3.05) is 20.1 Å². The lowest BCUT2D eigenvalue weighted by molar-refractivity contribution is -0.128. The van der Waals surface area contributed by atoms with Crippen LogP contribution in [0.5, 0.6) is 0 Å². The second-order valence-electron chi connectivity index (χ2n) is 7.81. The highest BCUT2D eigenvalue weighted by molar-refractivity contribution is 14.0. The SMILES string of the molecule is CCNC(=O)C(C)(C)CNC(=NC)NC(C)CCC(C)(C)C.I. The number of carbonyl (C=O) groups is 1. The summed E-state index contributed by atoms with van der Waals surface area (Å²) in [7, 11) is 1.75. The Morgan fingerprint density at radius 3 is 2.13 bits per heavy atom. The van der Waals surface area contributed by atoms with Crippen LogP contribution in [0.15, 0.2) is 4.99 Å². The zero-order chi connectivity index (χ0) is 17.4. The van der Waals surface area contributed by atoms with Crippen molar-refractivity contribution in [2.24, 2.45) is 15.8 Å². The highest BCUT2D eigenvalue weighted by Gasteiger charge is 2.27. The maximum absolute atomic E-state index is 12.0. The average molecular weight is 440 g/mol. The molecule has 1 atom stereocenters. The van der Waals surface area contributed by atoms with Crippen molar-refractivity contribution in [3.8, 4) is 0 Å². The Labute approximate surface area is 159 Å². The summed E-state index contributed by atoms with van der Waals surface area (Å²) < 4.78 is 0. The topological polar surface area (TPSA) is 65.5 Å². The molecule has 23 heavy (non-hydrogen) atoms. The van der Waals surface area contributed by atoms with Crippen molar-refractivity contribution in [1.29, 1.82) is 0 Å². The summed E-state index contributed by atoms with van der Waals surface area (Å²) in [6.07, 6.45) is 2.24. The predicted molar refractivity (Wildman–Crippen MR) is 111 cm³/mol. The number of halogens is 1. The van der Waals surface area contributed by atoms with E-state index in [4.69, 9.17) is 0 Å². The van der Waals surface area contributed by atoms with E-state index in [1.54, 1.807) is 7.05 Å². The van der Waals surface area contributed by atoms with Gasteiger partial charge < -0.3 is 16.0 Å². The van der Waals surface area contributed by atoms with Gasteiger partial charge in [-0.05, 0) is 46.0 Å². The standard InChI is InChI=1S/C17H36N4O.HI/c1-9-19-14(22)17(6,7)12-20-15(18-8)21-13(2)10-11-16(3,4)5;/h13H,9-12H2,1-8H3,(H,19,22)(H2,18,20,21);1H. The van der Waals surface area contributed by atoms with Gasteiger partial charge in [0.2, 0.25) is 5.91 Å². The molecule has 0 saturated carbocycles. The molecular weight excluding hydrogens is 403 g/mol. The van der Waals surface area contributed by atoms with E-state index in [1.807, 2.05) is 20.8 Å². The van der Waals surface area contributed by atoms with E-state index >= 15 is 0 Å². The Kier molecular flexibility index (Phi) is 11.9. The van der Waals surface area contributed by atoms with Crippen molar-refractivity contribution in [2.45, 2.75) is 67.3 Å². The Hall–Kier alpha value is -0.530. The van der Waals surface area contributed by atoms with Gasteiger partial charge in [-0.3, -0.25) is 9.79 Å². The Bertz CT molecular complexity index is 375. The van der Waals surface area contributed by atoms with Crippen molar-refractivity contribution in [3.05, 3.63) is 0 Å². The minimum absolute atomic E-state index is 0. The van der Waals surface area contributed by atoms with Crippen LogP contribution >= 0.6 is 24.0 Å². The molecule has 6 heteroatoms. The van der Waals surface area contributed by atoms with Gasteiger partial charge in [0.15, 0.2) is 5.96 Å². The number of hydrogen-bond acceptors (Lipinski definition) is 2. The number of hydrogen-bond donors (Lipinski definition) is 3. The summed E-state index contributed by atoms with van der Waals surface area (Å²) in [4.78, 5) is 16.2. The van der Waals surface area contributed by atoms with Gasteiger partial charge in [-0.25, -0.2) is 0 Å². The third-order valence-electron chi connectivity index (χ3n) is 3.58. The predicted octanol–water partition coefficient (Wildman–Crippen LogP) is 3.15. The smallest absolute Gasteiger partial charge is 0.227 e. The molecule has 0 aliphatic carbocycles. The van der Waals surface area contributed by atoms with E-state index < -0.39 is 5.41 Å². The van der Waals surface area contributed by atoms with Crippen LogP contribution in [-0.2, 0) is 4.79 Å². The molecule has 0 aromatic rings. The van der Waals surface area contributed by atoms with Crippen LogP contribution < -0.4 is 16.0 Å². The van der Waals surface area contributed by atoms with Crippen LogP contribution in [0.1, 0.15) is 61.3 Å². The molecule has 0 aliphatic heterocycles. The lowest BCUT2D eigenvalue weighted by atomic mass is 9.89. The first kappa shape index (κ1) is 24.7. The minimum atomic E-state index is -0.470. The second-order valence-corrected chi connectivity index (χ2v) is 7.81. The van der Waals surface area contributed by atoms with E-state index in [1.165, 1.54) is 0 Å². The molecule has 0 rings (SSSR count). The molecule has 0 saturated heterocycles.